The Hall–Kier alpha value is -3.97. The molecule has 0 saturated carbocycles. The molecule has 0 atom stereocenters. The Balaban J connectivity index is 1.60. The van der Waals surface area contributed by atoms with Gasteiger partial charge in [0.25, 0.3) is 0 Å². The second kappa shape index (κ2) is 12.5. The number of carbonyl (C=O) groups excluding carboxylic acids is 1. The number of benzene rings is 3. The van der Waals surface area contributed by atoms with Crippen molar-refractivity contribution < 1.29 is 19.0 Å². The summed E-state index contributed by atoms with van der Waals surface area (Å²) in [4.78, 5) is 19.1. The van der Waals surface area contributed by atoms with Crippen molar-refractivity contribution >= 4 is 23.3 Å². The lowest BCUT2D eigenvalue weighted by Gasteiger charge is -2.29. The number of halogens is 1. The van der Waals surface area contributed by atoms with E-state index < -0.39 is 0 Å². The van der Waals surface area contributed by atoms with Crippen molar-refractivity contribution in [2.75, 3.05) is 18.1 Å². The lowest BCUT2D eigenvalue weighted by atomic mass is 10.1. The summed E-state index contributed by atoms with van der Waals surface area (Å²) >= 11 is 6.89. The first-order valence-electron chi connectivity index (χ1n) is 13.7. The number of ether oxygens (including phenoxy) is 3. The van der Waals surface area contributed by atoms with Crippen molar-refractivity contribution in [3.8, 4) is 28.6 Å². The van der Waals surface area contributed by atoms with Crippen LogP contribution in [-0.2, 0) is 24.4 Å². The number of aryl methyl sites for hydroxylation is 1. The molecule has 40 heavy (non-hydrogen) atoms. The van der Waals surface area contributed by atoms with Gasteiger partial charge in [0.05, 0.1) is 17.9 Å². The molecule has 2 heterocycles. The number of fused-ring (bicyclic) bond motifs is 1. The maximum atomic E-state index is 12.1. The van der Waals surface area contributed by atoms with Gasteiger partial charge in [-0.15, -0.1) is 0 Å². The fourth-order valence-electron chi connectivity index (χ4n) is 5.05. The van der Waals surface area contributed by atoms with E-state index in [2.05, 4.69) is 28.5 Å². The maximum Gasteiger partial charge on any atom is 0.308 e. The number of rotatable bonds is 10. The molecule has 7 nitrogen and oxygen atoms in total. The van der Waals surface area contributed by atoms with Crippen LogP contribution >= 0.6 is 11.6 Å². The van der Waals surface area contributed by atoms with E-state index in [1.807, 2.05) is 61.5 Å². The van der Waals surface area contributed by atoms with Gasteiger partial charge in [-0.2, -0.15) is 0 Å². The lowest BCUT2D eigenvalue weighted by molar-refractivity contribution is -0.131. The molecule has 5 rings (SSSR count). The van der Waals surface area contributed by atoms with Crippen molar-refractivity contribution in [3.63, 3.8) is 0 Å². The number of aromatic nitrogens is 2. The third kappa shape index (κ3) is 6.10. The summed E-state index contributed by atoms with van der Waals surface area (Å²) in [6, 6.07) is 21.8. The largest absolute Gasteiger partial charge is 0.486 e. The third-order valence-electron chi connectivity index (χ3n) is 6.88. The monoisotopic (exact) mass is 559 g/mol. The molecule has 1 aliphatic heterocycles. The van der Waals surface area contributed by atoms with Crippen LogP contribution in [0.4, 0.5) is 5.69 Å². The van der Waals surface area contributed by atoms with Crippen molar-refractivity contribution in [2.24, 2.45) is 0 Å². The highest BCUT2D eigenvalue weighted by molar-refractivity contribution is 6.30. The molecule has 0 N–H and O–H groups in total. The molecule has 1 aromatic heterocycles. The summed E-state index contributed by atoms with van der Waals surface area (Å²) < 4.78 is 19.5. The smallest absolute Gasteiger partial charge is 0.308 e. The van der Waals surface area contributed by atoms with Crippen LogP contribution in [0.25, 0.3) is 11.4 Å². The third-order valence-corrected chi connectivity index (χ3v) is 7.18. The first kappa shape index (κ1) is 27.6. The number of unbranched alkanes of at least 4 members (excludes halogenated alkanes) is 1. The zero-order valence-corrected chi connectivity index (χ0v) is 23.9. The number of nitrogens with zero attached hydrogens (tertiary/aromatic N) is 3. The summed E-state index contributed by atoms with van der Waals surface area (Å²) in [5.74, 6) is 2.45. The minimum Gasteiger partial charge on any atom is -0.486 e. The number of carbonyl (C=O) groups is 1. The van der Waals surface area contributed by atoms with Crippen LogP contribution in [0.5, 0.6) is 17.2 Å². The van der Waals surface area contributed by atoms with Crippen LogP contribution in [-0.4, -0.2) is 28.7 Å². The van der Waals surface area contributed by atoms with Gasteiger partial charge in [0.2, 0.25) is 0 Å². The minimum absolute atomic E-state index is 0.372. The average molecular weight is 560 g/mol. The standard InChI is InChI=1S/C32H34ClN3O4/c1-4-5-16-36-26(31(33)34-32(36)25-11-7-6-8-12-25)21-35(30-22(2)10-9-13-28(30)40-23(3)37)20-24-14-15-27-29(19-24)39-18-17-38-27/h6-15,19H,4-5,16-18,20-21H2,1-3H3. The van der Waals surface area contributed by atoms with Crippen LogP contribution in [0.2, 0.25) is 5.15 Å². The van der Waals surface area contributed by atoms with Crippen LogP contribution in [0.15, 0.2) is 66.7 Å². The first-order chi connectivity index (χ1) is 19.4. The Bertz CT molecular complexity index is 1490. The van der Waals surface area contributed by atoms with Crippen LogP contribution in [0.3, 0.4) is 0 Å². The molecule has 3 aromatic carbocycles. The van der Waals surface area contributed by atoms with E-state index in [9.17, 15) is 4.79 Å². The highest BCUT2D eigenvalue weighted by Gasteiger charge is 2.24. The van der Waals surface area contributed by atoms with E-state index in [0.717, 1.165) is 64.8 Å². The van der Waals surface area contributed by atoms with Crippen LogP contribution in [0.1, 0.15) is 43.5 Å². The molecule has 0 spiro atoms. The molecule has 0 saturated heterocycles. The molecule has 0 fully saturated rings. The summed E-state index contributed by atoms with van der Waals surface area (Å²) in [5, 5.41) is 0.463. The van der Waals surface area contributed by atoms with Gasteiger partial charge < -0.3 is 23.7 Å². The van der Waals surface area contributed by atoms with E-state index >= 15 is 0 Å². The highest BCUT2D eigenvalue weighted by Crippen LogP contribution is 2.38. The fraction of sp³-hybridized carbons (Fsp3) is 0.312. The van der Waals surface area contributed by atoms with E-state index in [0.29, 0.717) is 37.2 Å². The van der Waals surface area contributed by atoms with Crippen molar-refractivity contribution in [3.05, 3.63) is 88.7 Å². The minimum atomic E-state index is -0.372. The molecular weight excluding hydrogens is 526 g/mol. The molecule has 0 bridgehead atoms. The molecule has 4 aromatic rings. The second-order valence-corrected chi connectivity index (χ2v) is 10.3. The van der Waals surface area contributed by atoms with Gasteiger partial charge in [-0.25, -0.2) is 4.98 Å². The second-order valence-electron chi connectivity index (χ2n) is 9.89. The SMILES string of the molecule is CCCCn1c(-c2ccccc2)nc(Cl)c1CN(Cc1ccc2c(c1)OCCO2)c1c(C)cccc1OC(C)=O. The molecule has 0 radical (unpaired) electrons. The van der Waals surface area contributed by atoms with Gasteiger partial charge in [-0.05, 0) is 42.7 Å². The highest BCUT2D eigenvalue weighted by atomic mass is 35.5. The number of imidazole rings is 1. The van der Waals surface area contributed by atoms with Crippen LogP contribution < -0.4 is 19.1 Å². The Morgan fingerprint density at radius 1 is 1.02 bits per heavy atom. The molecule has 0 unspecified atom stereocenters. The number of hydrogen-bond donors (Lipinski definition) is 0. The molecular formula is C32H34ClN3O4. The molecule has 0 aliphatic carbocycles. The molecule has 8 heteroatoms. The Morgan fingerprint density at radius 3 is 2.55 bits per heavy atom. The number of esters is 1. The Kier molecular flexibility index (Phi) is 8.60. The van der Waals surface area contributed by atoms with E-state index in [-0.39, 0.29) is 5.97 Å². The summed E-state index contributed by atoms with van der Waals surface area (Å²) in [5.41, 5.74) is 4.76. The predicted octanol–water partition coefficient (Wildman–Crippen LogP) is 7.22. The van der Waals surface area contributed by atoms with Gasteiger partial charge >= 0.3 is 5.97 Å². The summed E-state index contributed by atoms with van der Waals surface area (Å²) in [6.07, 6.45) is 2.03. The molecule has 1 aliphatic rings. The van der Waals surface area contributed by atoms with Crippen molar-refractivity contribution in [1.29, 1.82) is 0 Å². The lowest BCUT2D eigenvalue weighted by Crippen LogP contribution is -2.26. The summed E-state index contributed by atoms with van der Waals surface area (Å²) in [6.45, 7) is 8.43. The Labute approximate surface area is 240 Å². The van der Waals surface area contributed by atoms with Gasteiger partial charge in [0.1, 0.15) is 19.0 Å². The van der Waals surface area contributed by atoms with Gasteiger partial charge in [0, 0.05) is 25.6 Å². The van der Waals surface area contributed by atoms with Gasteiger partial charge in [0.15, 0.2) is 22.4 Å². The van der Waals surface area contributed by atoms with Gasteiger partial charge in [-0.3, -0.25) is 4.79 Å². The zero-order chi connectivity index (χ0) is 28.1. The van der Waals surface area contributed by atoms with E-state index in [4.69, 9.17) is 30.8 Å². The molecule has 208 valence electrons. The number of hydrogen-bond acceptors (Lipinski definition) is 6. The summed E-state index contributed by atoms with van der Waals surface area (Å²) in [7, 11) is 0. The fourth-order valence-corrected chi connectivity index (χ4v) is 5.29. The normalized spacial score (nSPS) is 12.3. The molecule has 0 amide bonds. The quantitative estimate of drug-likeness (QED) is 0.151. The van der Waals surface area contributed by atoms with E-state index in [1.165, 1.54) is 6.92 Å². The van der Waals surface area contributed by atoms with Gasteiger partial charge in [-0.1, -0.05) is 73.5 Å². The topological polar surface area (TPSA) is 65.8 Å². The Morgan fingerprint density at radius 2 is 1.80 bits per heavy atom. The zero-order valence-electron chi connectivity index (χ0n) is 23.2. The first-order valence-corrected chi connectivity index (χ1v) is 14.0. The number of para-hydroxylation sites is 1. The number of anilines is 1. The van der Waals surface area contributed by atoms with Crippen LogP contribution in [0, 0.1) is 6.92 Å². The average Bonchev–Trinajstić information content (AvgIpc) is 3.26. The van der Waals surface area contributed by atoms with E-state index in [1.54, 1.807) is 0 Å². The maximum absolute atomic E-state index is 12.1. The predicted molar refractivity (Wildman–Crippen MR) is 157 cm³/mol. The van der Waals surface area contributed by atoms with Crippen molar-refractivity contribution in [1.82, 2.24) is 9.55 Å². The van der Waals surface area contributed by atoms with Crippen molar-refractivity contribution in [2.45, 2.75) is 53.2 Å².